The Morgan fingerprint density at radius 3 is 1.29 bits per heavy atom. The van der Waals surface area contributed by atoms with Crippen LogP contribution < -0.4 is 0 Å². The zero-order valence-corrected chi connectivity index (χ0v) is 32.2. The molecule has 0 heterocycles. The highest BCUT2D eigenvalue weighted by Gasteiger charge is 2.31. The second-order valence-electron chi connectivity index (χ2n) is 14.9. The number of carbonyl (C=O) groups is 3. The molecule has 0 amide bonds. The fourth-order valence-corrected chi connectivity index (χ4v) is 6.09. The number of unbranched alkanes of at least 4 members (excludes halogenated alkanes) is 22. The highest BCUT2D eigenvalue weighted by molar-refractivity contribution is 5.72. The van der Waals surface area contributed by atoms with Crippen LogP contribution in [0.3, 0.4) is 0 Å². The standard InChI is InChI=1S/C40H77NO7/c1-6-8-10-12-14-15-16-17-18-19-20-21-22-23-24-25-27-29-31-39(43)48-36(34-46-33-32-37(40(44)45)41(3,4)5)35-47-38(42)30-28-26-13-11-9-7-2/h36-37H,6-35H2,1-5H3/p+1. The van der Waals surface area contributed by atoms with Crippen molar-refractivity contribution >= 4 is 17.9 Å². The maximum absolute atomic E-state index is 12.6. The lowest BCUT2D eigenvalue weighted by Gasteiger charge is -2.31. The van der Waals surface area contributed by atoms with Crippen molar-refractivity contribution in [1.82, 2.24) is 0 Å². The smallest absolute Gasteiger partial charge is 0.362 e. The van der Waals surface area contributed by atoms with Gasteiger partial charge in [0.1, 0.15) is 6.61 Å². The average Bonchev–Trinajstić information content (AvgIpc) is 3.03. The summed E-state index contributed by atoms with van der Waals surface area (Å²) in [6.07, 6.45) is 30.2. The van der Waals surface area contributed by atoms with E-state index in [4.69, 9.17) is 14.2 Å². The Hall–Kier alpha value is -1.67. The number of aliphatic carboxylic acids is 1. The average molecular weight is 685 g/mol. The van der Waals surface area contributed by atoms with Crippen molar-refractivity contribution < 1.29 is 38.2 Å². The lowest BCUT2D eigenvalue weighted by Crippen LogP contribution is -2.50. The summed E-state index contributed by atoms with van der Waals surface area (Å²) in [5.41, 5.74) is 0. The molecule has 8 nitrogen and oxygen atoms in total. The van der Waals surface area contributed by atoms with Gasteiger partial charge >= 0.3 is 17.9 Å². The lowest BCUT2D eigenvalue weighted by atomic mass is 10.0. The van der Waals surface area contributed by atoms with E-state index >= 15 is 0 Å². The fraction of sp³-hybridized carbons (Fsp3) is 0.925. The monoisotopic (exact) mass is 685 g/mol. The molecule has 0 aromatic carbocycles. The van der Waals surface area contributed by atoms with Gasteiger partial charge in [-0.3, -0.25) is 9.59 Å². The predicted molar refractivity (Wildman–Crippen MR) is 197 cm³/mol. The van der Waals surface area contributed by atoms with E-state index in [1.54, 1.807) is 0 Å². The molecular formula is C40H78NO7+. The molecule has 0 fully saturated rings. The SMILES string of the molecule is CCCCCCCCCCCCCCCCCCCCC(=O)OC(COCCC(C(=O)O)[N+](C)(C)C)COC(=O)CCCCCCCC. The Morgan fingerprint density at radius 1 is 0.542 bits per heavy atom. The maximum Gasteiger partial charge on any atom is 0.362 e. The van der Waals surface area contributed by atoms with E-state index in [2.05, 4.69) is 13.8 Å². The van der Waals surface area contributed by atoms with Gasteiger partial charge in [0, 0.05) is 19.3 Å². The summed E-state index contributed by atoms with van der Waals surface area (Å²) in [6.45, 7) is 4.69. The van der Waals surface area contributed by atoms with Crippen molar-refractivity contribution in [2.45, 2.75) is 199 Å². The van der Waals surface area contributed by atoms with Crippen LogP contribution in [-0.4, -0.2) is 80.6 Å². The molecule has 0 saturated heterocycles. The van der Waals surface area contributed by atoms with Crippen molar-refractivity contribution in [2.75, 3.05) is 41.0 Å². The molecule has 0 spiro atoms. The highest BCUT2D eigenvalue weighted by Crippen LogP contribution is 2.15. The van der Waals surface area contributed by atoms with Crippen LogP contribution in [0.15, 0.2) is 0 Å². The van der Waals surface area contributed by atoms with Gasteiger partial charge in [0.15, 0.2) is 12.1 Å². The molecule has 0 radical (unpaired) electrons. The Bertz CT molecular complexity index is 767. The fourth-order valence-electron chi connectivity index (χ4n) is 6.09. The van der Waals surface area contributed by atoms with Gasteiger partial charge in [0.25, 0.3) is 0 Å². The maximum atomic E-state index is 12.6. The van der Waals surface area contributed by atoms with Crippen LogP contribution in [0.25, 0.3) is 0 Å². The van der Waals surface area contributed by atoms with Gasteiger partial charge < -0.3 is 23.8 Å². The van der Waals surface area contributed by atoms with Gasteiger partial charge in [-0.25, -0.2) is 4.79 Å². The van der Waals surface area contributed by atoms with Gasteiger partial charge in [0.05, 0.1) is 34.4 Å². The molecule has 284 valence electrons. The summed E-state index contributed by atoms with van der Waals surface area (Å²) in [4.78, 5) is 36.6. The Balaban J connectivity index is 4.20. The summed E-state index contributed by atoms with van der Waals surface area (Å²) in [5, 5.41) is 9.56. The first kappa shape index (κ1) is 46.3. The van der Waals surface area contributed by atoms with Gasteiger partial charge in [-0.15, -0.1) is 0 Å². The van der Waals surface area contributed by atoms with Crippen molar-refractivity contribution in [1.29, 1.82) is 0 Å². The van der Waals surface area contributed by atoms with Crippen molar-refractivity contribution in [3.63, 3.8) is 0 Å². The molecule has 0 rings (SSSR count). The summed E-state index contributed by atoms with van der Waals surface area (Å²) in [6, 6.07) is -0.606. The molecule has 0 aromatic heterocycles. The second kappa shape index (κ2) is 32.5. The predicted octanol–water partition coefficient (Wildman–Crippen LogP) is 10.2. The van der Waals surface area contributed by atoms with Gasteiger partial charge in [-0.05, 0) is 12.8 Å². The van der Waals surface area contributed by atoms with Crippen LogP contribution >= 0.6 is 0 Å². The van der Waals surface area contributed by atoms with Crippen LogP contribution in [0, 0.1) is 0 Å². The van der Waals surface area contributed by atoms with E-state index in [-0.39, 0.29) is 36.2 Å². The second-order valence-corrected chi connectivity index (χ2v) is 14.9. The van der Waals surface area contributed by atoms with E-state index in [1.165, 1.54) is 116 Å². The number of nitrogens with zero attached hydrogens (tertiary/aromatic N) is 1. The van der Waals surface area contributed by atoms with E-state index in [0.29, 0.717) is 19.3 Å². The number of quaternary nitrogens is 1. The molecular weight excluding hydrogens is 606 g/mol. The third kappa shape index (κ3) is 30.4. The van der Waals surface area contributed by atoms with Crippen LogP contribution in [0.1, 0.15) is 187 Å². The lowest BCUT2D eigenvalue weighted by molar-refractivity contribution is -0.887. The first-order valence-electron chi connectivity index (χ1n) is 20.1. The third-order valence-corrected chi connectivity index (χ3v) is 9.26. The van der Waals surface area contributed by atoms with Gasteiger partial charge in [-0.1, -0.05) is 155 Å². The molecule has 8 heteroatoms. The Kier molecular flexibility index (Phi) is 31.4. The van der Waals surface area contributed by atoms with Crippen molar-refractivity contribution in [2.24, 2.45) is 0 Å². The van der Waals surface area contributed by atoms with Crippen LogP contribution in [0.5, 0.6) is 0 Å². The van der Waals surface area contributed by atoms with Crippen molar-refractivity contribution in [3.05, 3.63) is 0 Å². The minimum absolute atomic E-state index is 0.0444. The quantitative estimate of drug-likeness (QED) is 0.0398. The summed E-state index contributed by atoms with van der Waals surface area (Å²) < 4.78 is 17.1. The number of esters is 2. The zero-order chi connectivity index (χ0) is 35.7. The normalized spacial score (nSPS) is 12.9. The molecule has 0 aromatic rings. The largest absolute Gasteiger partial charge is 0.477 e. The number of carboxylic acid groups (broad SMARTS) is 1. The van der Waals surface area contributed by atoms with Crippen LogP contribution in [0.2, 0.25) is 0 Å². The molecule has 48 heavy (non-hydrogen) atoms. The third-order valence-electron chi connectivity index (χ3n) is 9.26. The number of hydrogen-bond donors (Lipinski definition) is 1. The number of carboxylic acids is 1. The molecule has 0 aliphatic carbocycles. The summed E-state index contributed by atoms with van der Waals surface area (Å²) in [7, 11) is 5.52. The van der Waals surface area contributed by atoms with Crippen LogP contribution in [0.4, 0.5) is 0 Å². The van der Waals surface area contributed by atoms with Gasteiger partial charge in [-0.2, -0.15) is 0 Å². The number of hydrogen-bond acceptors (Lipinski definition) is 6. The zero-order valence-electron chi connectivity index (χ0n) is 32.2. The Labute approximate surface area is 296 Å². The molecule has 2 unspecified atom stereocenters. The molecule has 0 bridgehead atoms. The topological polar surface area (TPSA) is 99.1 Å². The van der Waals surface area contributed by atoms with E-state index in [1.807, 2.05) is 21.1 Å². The summed E-state index contributed by atoms with van der Waals surface area (Å²) in [5.74, 6) is -1.46. The molecule has 0 saturated carbocycles. The Morgan fingerprint density at radius 2 is 0.917 bits per heavy atom. The molecule has 0 aliphatic heterocycles. The molecule has 1 N–H and O–H groups in total. The number of ether oxygens (including phenoxy) is 3. The van der Waals surface area contributed by atoms with E-state index in [0.717, 1.165) is 38.5 Å². The van der Waals surface area contributed by atoms with E-state index < -0.39 is 18.1 Å². The number of likely N-dealkylation sites (N-methyl/N-ethyl adjacent to an activating group) is 1. The highest BCUT2D eigenvalue weighted by atomic mass is 16.6. The van der Waals surface area contributed by atoms with Crippen LogP contribution in [-0.2, 0) is 28.6 Å². The summed E-state index contributed by atoms with van der Waals surface area (Å²) >= 11 is 0. The van der Waals surface area contributed by atoms with Crippen molar-refractivity contribution in [3.8, 4) is 0 Å². The molecule has 0 aliphatic rings. The first-order chi connectivity index (χ1) is 23.1. The minimum atomic E-state index is -0.873. The van der Waals surface area contributed by atoms with E-state index in [9.17, 15) is 19.5 Å². The first-order valence-corrected chi connectivity index (χ1v) is 20.1. The minimum Gasteiger partial charge on any atom is -0.477 e. The van der Waals surface area contributed by atoms with Gasteiger partial charge in [0.2, 0.25) is 0 Å². The molecule has 2 atom stereocenters. The number of rotatable bonds is 36. The number of carbonyl (C=O) groups excluding carboxylic acids is 2.